The highest BCUT2D eigenvalue weighted by Gasteiger charge is 2.57. The van der Waals surface area contributed by atoms with Crippen LogP contribution in [-0.4, -0.2) is 121 Å². The van der Waals surface area contributed by atoms with Gasteiger partial charge in [-0.05, 0) is 72.8 Å². The van der Waals surface area contributed by atoms with Crippen LogP contribution in [0.3, 0.4) is 0 Å². The van der Waals surface area contributed by atoms with Gasteiger partial charge in [-0.2, -0.15) is 0 Å². The van der Waals surface area contributed by atoms with Crippen molar-refractivity contribution in [3.63, 3.8) is 0 Å². The maximum absolute atomic E-state index is 14.2. The van der Waals surface area contributed by atoms with Crippen LogP contribution in [0.25, 0.3) is 0 Å². The van der Waals surface area contributed by atoms with Crippen LogP contribution < -0.4 is 0 Å². The molecule has 2 saturated heterocycles. The Morgan fingerprint density at radius 1 is 0.352 bits per heavy atom. The molecule has 0 saturated carbocycles. The number of aliphatic hydroxyl groups is 2. The highest BCUT2D eigenvalue weighted by atomic mass is 16.8. The van der Waals surface area contributed by atoms with Gasteiger partial charge in [0.1, 0.15) is 37.6 Å². The first-order valence-corrected chi connectivity index (χ1v) is 22.3. The lowest BCUT2D eigenvalue weighted by molar-refractivity contribution is -0.353. The van der Waals surface area contributed by atoms with Crippen LogP contribution in [0, 0.1) is 0 Å². The van der Waals surface area contributed by atoms with E-state index in [1.807, 2.05) is 0 Å². The molecule has 17 heteroatoms. The van der Waals surface area contributed by atoms with E-state index < -0.39 is 110 Å². The zero-order chi connectivity index (χ0) is 49.7. The third kappa shape index (κ3) is 12.4. The molecule has 0 aromatic heterocycles. The summed E-state index contributed by atoms with van der Waals surface area (Å²) < 4.78 is 54.1. The Kier molecular flexibility index (Phi) is 16.3. The third-order valence-electron chi connectivity index (χ3n) is 11.3. The van der Waals surface area contributed by atoms with Crippen molar-refractivity contribution in [3.8, 4) is 0 Å². The molecule has 71 heavy (non-hydrogen) atoms. The monoisotopic (exact) mass is 966 g/mol. The van der Waals surface area contributed by atoms with Crippen molar-refractivity contribution < 1.29 is 81.6 Å². The average Bonchev–Trinajstić information content (AvgIpc) is 3.42. The molecule has 6 aromatic carbocycles. The Labute approximate surface area is 406 Å². The Morgan fingerprint density at radius 2 is 0.662 bits per heavy atom. The van der Waals surface area contributed by atoms with E-state index >= 15 is 0 Å². The van der Waals surface area contributed by atoms with E-state index in [0.717, 1.165) is 0 Å². The van der Waals surface area contributed by atoms with Crippen LogP contribution in [0.15, 0.2) is 182 Å². The predicted octanol–water partition coefficient (Wildman–Crippen LogP) is 5.79. The molecule has 2 aliphatic heterocycles. The number of ether oxygens (including phenoxy) is 9. The molecule has 364 valence electrons. The minimum atomic E-state index is -2.08. The Hall–Kier alpha value is -8.06. The average molecular weight is 967 g/mol. The van der Waals surface area contributed by atoms with Gasteiger partial charge in [0, 0.05) is 0 Å². The summed E-state index contributed by atoms with van der Waals surface area (Å²) in [6.45, 7) is -1.39. The molecule has 2 N–H and O–H groups in total. The molecule has 0 radical (unpaired) electrons. The first-order valence-electron chi connectivity index (χ1n) is 22.3. The molecule has 0 unspecified atom stereocenters. The Bertz CT molecular complexity index is 2730. The first kappa shape index (κ1) is 49.4. The van der Waals surface area contributed by atoms with Crippen LogP contribution >= 0.6 is 0 Å². The van der Waals surface area contributed by atoms with Crippen molar-refractivity contribution in [1.29, 1.82) is 0 Å². The molecule has 8 rings (SSSR count). The molecule has 0 bridgehead atoms. The fourth-order valence-electron chi connectivity index (χ4n) is 7.70. The molecular weight excluding hydrogens is 921 g/mol. The van der Waals surface area contributed by atoms with Gasteiger partial charge in [0.2, 0.25) is 0 Å². The summed E-state index contributed by atoms with van der Waals surface area (Å²) in [6.07, 6.45) is -18.6. The highest BCUT2D eigenvalue weighted by molar-refractivity contribution is 5.92. The zero-order valence-corrected chi connectivity index (χ0v) is 37.5. The van der Waals surface area contributed by atoms with Crippen LogP contribution in [0.5, 0.6) is 0 Å². The van der Waals surface area contributed by atoms with Crippen molar-refractivity contribution in [1.82, 2.24) is 0 Å². The summed E-state index contributed by atoms with van der Waals surface area (Å²) in [6, 6.07) is 46.5. The number of rotatable bonds is 16. The van der Waals surface area contributed by atoms with Crippen LogP contribution in [0.2, 0.25) is 0 Å². The van der Waals surface area contributed by atoms with Crippen molar-refractivity contribution in [2.24, 2.45) is 0 Å². The molecule has 0 spiro atoms. The summed E-state index contributed by atoms with van der Waals surface area (Å²) in [5, 5.41) is 23.8. The summed E-state index contributed by atoms with van der Waals surface area (Å²) in [5.74, 6) is -5.58. The number of hydrogen-bond acceptors (Lipinski definition) is 17. The predicted molar refractivity (Wildman–Crippen MR) is 246 cm³/mol. The zero-order valence-electron chi connectivity index (χ0n) is 37.5. The molecule has 2 aliphatic rings. The number of aliphatic hydroxyl groups excluding tert-OH is 2. The third-order valence-corrected chi connectivity index (χ3v) is 11.3. The van der Waals surface area contributed by atoms with E-state index in [4.69, 9.17) is 42.6 Å². The Balaban J connectivity index is 1.21. The van der Waals surface area contributed by atoms with Gasteiger partial charge in [-0.3, -0.25) is 0 Å². The molecule has 2 heterocycles. The smallest absolute Gasteiger partial charge is 0.338 e. The van der Waals surface area contributed by atoms with E-state index in [1.165, 1.54) is 72.8 Å². The second-order valence-electron chi connectivity index (χ2n) is 16.1. The molecule has 10 atom stereocenters. The lowest BCUT2D eigenvalue weighted by Crippen LogP contribution is -2.67. The van der Waals surface area contributed by atoms with Crippen molar-refractivity contribution in [3.05, 3.63) is 215 Å². The van der Waals surface area contributed by atoms with Crippen molar-refractivity contribution in [2.45, 2.75) is 61.4 Å². The van der Waals surface area contributed by atoms with Crippen molar-refractivity contribution >= 4 is 35.8 Å². The fraction of sp³-hybridized carbons (Fsp3) is 0.222. The van der Waals surface area contributed by atoms with Gasteiger partial charge in [-0.25, -0.2) is 28.8 Å². The SMILES string of the molecule is O=C(OC[C@H]1O[C@@H](O)[C@H](OC(=O)c2ccccc2)[C@@H](O[C@@H]2O[C@H](COC(=O)c3ccccc3)[C@H](OC(=O)c3ccccc3)[C@H](OC(=O)c3ccccc3)[C@H]2OC(=O)c2ccccc2)[C@H]1O)c1ccccc1. The largest absolute Gasteiger partial charge is 0.459 e. The van der Waals surface area contributed by atoms with E-state index in [2.05, 4.69) is 0 Å². The molecule has 0 amide bonds. The normalized spacial score (nSPS) is 23.7. The standard InChI is InChI=1S/C54H46O17/c55-41-39(31-63-47(56)33-19-7-1-8-20-33)65-53(62)45(69-51(60)37-27-15-5-16-28-37)43(41)71-54-46(70-52(61)38-29-17-6-18-30-38)44(68-50(59)36-25-13-4-14-26-36)42(67-49(58)35-23-11-3-12-24-35)40(66-54)32-64-48(57)34-21-9-2-10-22-34/h1-30,39-46,53-55,62H,31-32H2/t39-,40-,41+,42+,43+,44+,45-,46-,53-,54+/m1/s1. The first-order chi connectivity index (χ1) is 34.5. The Morgan fingerprint density at radius 3 is 1.04 bits per heavy atom. The number of hydrogen-bond donors (Lipinski definition) is 2. The molecule has 0 aliphatic carbocycles. The van der Waals surface area contributed by atoms with E-state index in [0.29, 0.717) is 0 Å². The maximum atomic E-state index is 14.2. The number of benzene rings is 6. The number of carbonyl (C=O) groups is 6. The topological polar surface area (TPSA) is 226 Å². The molecule has 2 fully saturated rings. The fourth-order valence-corrected chi connectivity index (χ4v) is 7.70. The lowest BCUT2D eigenvalue weighted by atomic mass is 9.96. The van der Waals surface area contributed by atoms with Gasteiger partial charge in [-0.1, -0.05) is 109 Å². The summed E-state index contributed by atoms with van der Waals surface area (Å²) >= 11 is 0. The van der Waals surface area contributed by atoms with E-state index in [9.17, 15) is 39.0 Å². The second kappa shape index (κ2) is 23.5. The summed E-state index contributed by atoms with van der Waals surface area (Å²) in [4.78, 5) is 82.6. The van der Waals surface area contributed by atoms with Gasteiger partial charge in [0.25, 0.3) is 0 Å². The van der Waals surface area contributed by atoms with Gasteiger partial charge < -0.3 is 52.8 Å². The lowest BCUT2D eigenvalue weighted by Gasteiger charge is -2.47. The minimum Gasteiger partial charge on any atom is -0.459 e. The van der Waals surface area contributed by atoms with Gasteiger partial charge in [0.05, 0.1) is 33.4 Å². The van der Waals surface area contributed by atoms with Gasteiger partial charge in [-0.15, -0.1) is 0 Å². The molecule has 17 nitrogen and oxygen atoms in total. The second-order valence-corrected chi connectivity index (χ2v) is 16.1. The van der Waals surface area contributed by atoms with E-state index in [1.54, 1.807) is 109 Å². The van der Waals surface area contributed by atoms with Gasteiger partial charge >= 0.3 is 35.8 Å². The molecule has 6 aromatic rings. The number of carbonyl (C=O) groups excluding carboxylic acids is 6. The van der Waals surface area contributed by atoms with Crippen LogP contribution in [0.4, 0.5) is 0 Å². The van der Waals surface area contributed by atoms with Crippen molar-refractivity contribution in [2.75, 3.05) is 13.2 Å². The van der Waals surface area contributed by atoms with E-state index in [-0.39, 0.29) is 33.4 Å². The highest BCUT2D eigenvalue weighted by Crippen LogP contribution is 2.35. The molecular formula is C54H46O17. The quantitative estimate of drug-likeness (QED) is 0.0864. The van der Waals surface area contributed by atoms with Crippen LogP contribution in [0.1, 0.15) is 62.1 Å². The summed E-state index contributed by atoms with van der Waals surface area (Å²) in [7, 11) is 0. The number of esters is 6. The summed E-state index contributed by atoms with van der Waals surface area (Å²) in [5.41, 5.74) is 0.417. The minimum absolute atomic E-state index is 0.00705. The van der Waals surface area contributed by atoms with Gasteiger partial charge in [0.15, 0.2) is 37.0 Å². The van der Waals surface area contributed by atoms with Crippen LogP contribution in [-0.2, 0) is 42.6 Å². The maximum Gasteiger partial charge on any atom is 0.338 e.